The number of carbonyl (C=O) groups is 3. The van der Waals surface area contributed by atoms with E-state index in [1.165, 1.54) is 6.92 Å². The van der Waals surface area contributed by atoms with E-state index in [0.717, 1.165) is 6.42 Å². The van der Waals surface area contributed by atoms with Crippen LogP contribution in [0, 0.1) is 23.7 Å². The Morgan fingerprint density at radius 3 is 1.65 bits per heavy atom. The molecule has 0 unspecified atom stereocenters. The van der Waals surface area contributed by atoms with Crippen LogP contribution in [0.25, 0.3) is 0 Å². The topological polar surface area (TPSA) is 133 Å². The van der Waals surface area contributed by atoms with Gasteiger partial charge >= 0.3 is 5.97 Å². The van der Waals surface area contributed by atoms with Gasteiger partial charge in [-0.25, -0.2) is 4.79 Å². The number of benzene rings is 3. The molecular formula is C33H32O9S. The lowest BCUT2D eigenvalue weighted by Gasteiger charge is -2.13. The molecule has 0 heterocycles. The summed E-state index contributed by atoms with van der Waals surface area (Å²) >= 11 is 0. The summed E-state index contributed by atoms with van der Waals surface area (Å²) in [7, 11) is -4.24. The Bertz CT molecular complexity index is 1640. The quantitative estimate of drug-likeness (QED) is 0.151. The Morgan fingerprint density at radius 2 is 1.23 bits per heavy atom. The first-order valence-corrected chi connectivity index (χ1v) is 14.8. The lowest BCUT2D eigenvalue weighted by molar-refractivity contribution is -0.0980. The zero-order valence-corrected chi connectivity index (χ0v) is 25.0. The number of ether oxygens (including phenoxy) is 3. The van der Waals surface area contributed by atoms with Crippen molar-refractivity contribution in [1.29, 1.82) is 0 Å². The molecule has 0 aliphatic heterocycles. The van der Waals surface area contributed by atoms with Gasteiger partial charge in [-0.3, -0.25) is 9.35 Å². The van der Waals surface area contributed by atoms with E-state index >= 15 is 0 Å². The Hall–Kier alpha value is -4.90. The number of hydrogen-bond acceptors (Lipinski definition) is 8. The monoisotopic (exact) mass is 604 g/mol. The van der Waals surface area contributed by atoms with Crippen molar-refractivity contribution in [2.75, 3.05) is 25.6 Å². The van der Waals surface area contributed by atoms with E-state index in [1.54, 1.807) is 67.6 Å². The van der Waals surface area contributed by atoms with Crippen LogP contribution < -0.4 is 9.47 Å². The fraction of sp³-hybridized carbons (Fsp3) is 0.242. The molecule has 3 aromatic rings. The Balaban J connectivity index is 0.00000316. The molecule has 0 atom stereocenters. The van der Waals surface area contributed by atoms with Gasteiger partial charge in [0.2, 0.25) is 0 Å². The number of esters is 1. The molecule has 3 aromatic carbocycles. The van der Waals surface area contributed by atoms with Crippen molar-refractivity contribution >= 4 is 28.7 Å². The molecule has 0 aliphatic rings. The number of Topliss-reactive ketones (excluding diaryl/α,β-unsaturated/α-hetero) is 1. The normalized spacial score (nSPS) is 10.0. The second-order valence-corrected chi connectivity index (χ2v) is 10.3. The second kappa shape index (κ2) is 17.1. The SMILES string of the molecule is C=O.CCCOc1cc(C#Cc2ccc(C(=O)OCC)cc2)c(OCCS(=O)(=O)O)cc1C#Cc1ccc(C(C)=O)cc1. The van der Waals surface area contributed by atoms with Gasteiger partial charge in [-0.15, -0.1) is 0 Å². The number of ketones is 1. The van der Waals surface area contributed by atoms with Crippen LogP contribution in [0.15, 0.2) is 60.7 Å². The van der Waals surface area contributed by atoms with Crippen molar-refractivity contribution in [1.82, 2.24) is 0 Å². The Kier molecular flexibility index (Phi) is 13.7. The van der Waals surface area contributed by atoms with Crippen molar-refractivity contribution in [3.8, 4) is 35.2 Å². The van der Waals surface area contributed by atoms with Crippen molar-refractivity contribution in [2.24, 2.45) is 0 Å². The Labute approximate surface area is 251 Å². The summed E-state index contributed by atoms with van der Waals surface area (Å²) < 4.78 is 48.3. The minimum atomic E-state index is -4.24. The van der Waals surface area contributed by atoms with E-state index < -0.39 is 21.8 Å². The lowest BCUT2D eigenvalue weighted by Crippen LogP contribution is -2.13. The number of rotatable bonds is 10. The van der Waals surface area contributed by atoms with E-state index in [4.69, 9.17) is 23.6 Å². The van der Waals surface area contributed by atoms with Crippen LogP contribution in [-0.2, 0) is 19.6 Å². The summed E-state index contributed by atoms with van der Waals surface area (Å²) in [6, 6.07) is 16.8. The summed E-state index contributed by atoms with van der Waals surface area (Å²) in [5.74, 6) is 11.8. The van der Waals surface area contributed by atoms with Gasteiger partial charge in [0.1, 0.15) is 30.6 Å². The fourth-order valence-electron chi connectivity index (χ4n) is 3.43. The molecule has 0 fully saturated rings. The zero-order valence-electron chi connectivity index (χ0n) is 24.1. The van der Waals surface area contributed by atoms with Crippen LogP contribution in [0.2, 0.25) is 0 Å². The first-order valence-electron chi connectivity index (χ1n) is 13.2. The van der Waals surface area contributed by atoms with Gasteiger partial charge < -0.3 is 19.0 Å². The molecule has 9 nitrogen and oxygen atoms in total. The molecule has 10 heteroatoms. The molecule has 43 heavy (non-hydrogen) atoms. The molecule has 0 bridgehead atoms. The minimum Gasteiger partial charge on any atom is -0.492 e. The van der Waals surface area contributed by atoms with Crippen molar-refractivity contribution < 1.29 is 41.6 Å². The van der Waals surface area contributed by atoms with Gasteiger partial charge in [0.05, 0.1) is 29.9 Å². The highest BCUT2D eigenvalue weighted by Crippen LogP contribution is 2.29. The van der Waals surface area contributed by atoms with Crippen LogP contribution in [0.4, 0.5) is 0 Å². The first-order chi connectivity index (χ1) is 20.6. The Morgan fingerprint density at radius 1 is 0.767 bits per heavy atom. The fourth-order valence-corrected chi connectivity index (χ4v) is 3.73. The average Bonchev–Trinajstić information content (AvgIpc) is 2.99. The molecule has 0 amide bonds. The smallest absolute Gasteiger partial charge is 0.338 e. The van der Waals surface area contributed by atoms with Crippen LogP contribution >= 0.6 is 0 Å². The van der Waals surface area contributed by atoms with Gasteiger partial charge in [0.15, 0.2) is 5.78 Å². The average molecular weight is 605 g/mol. The molecule has 0 spiro atoms. The van der Waals surface area contributed by atoms with Crippen molar-refractivity contribution in [3.05, 3.63) is 94.0 Å². The van der Waals surface area contributed by atoms with Crippen LogP contribution in [0.3, 0.4) is 0 Å². The molecule has 1 N–H and O–H groups in total. The van der Waals surface area contributed by atoms with Crippen LogP contribution in [0.5, 0.6) is 11.5 Å². The van der Waals surface area contributed by atoms with Crippen LogP contribution in [0.1, 0.15) is 70.2 Å². The second-order valence-electron chi connectivity index (χ2n) is 8.76. The van der Waals surface area contributed by atoms with Crippen molar-refractivity contribution in [3.63, 3.8) is 0 Å². The molecule has 224 valence electrons. The number of hydrogen-bond donors (Lipinski definition) is 1. The van der Waals surface area contributed by atoms with Crippen molar-refractivity contribution in [2.45, 2.75) is 27.2 Å². The van der Waals surface area contributed by atoms with E-state index in [2.05, 4.69) is 23.7 Å². The van der Waals surface area contributed by atoms with Gasteiger partial charge in [0.25, 0.3) is 10.1 Å². The van der Waals surface area contributed by atoms with Crippen LogP contribution in [-0.4, -0.2) is 57.1 Å². The zero-order chi connectivity index (χ0) is 31.8. The maximum absolute atomic E-state index is 11.9. The third kappa shape index (κ3) is 11.5. The molecule has 0 aliphatic carbocycles. The molecule has 0 radical (unpaired) electrons. The summed E-state index contributed by atoms with van der Waals surface area (Å²) in [5, 5.41) is 0. The highest BCUT2D eigenvalue weighted by Gasteiger charge is 2.13. The van der Waals surface area contributed by atoms with Gasteiger partial charge in [0, 0.05) is 28.8 Å². The molecule has 0 saturated heterocycles. The lowest BCUT2D eigenvalue weighted by atomic mass is 10.1. The van der Waals surface area contributed by atoms with Gasteiger partial charge in [-0.05, 0) is 56.7 Å². The van der Waals surface area contributed by atoms with Gasteiger partial charge in [-0.1, -0.05) is 42.7 Å². The highest BCUT2D eigenvalue weighted by molar-refractivity contribution is 7.85. The van der Waals surface area contributed by atoms with E-state index in [1.807, 2.05) is 13.7 Å². The summed E-state index contributed by atoms with van der Waals surface area (Å²) in [4.78, 5) is 31.5. The summed E-state index contributed by atoms with van der Waals surface area (Å²) in [5.41, 5.74) is 3.19. The third-order valence-corrected chi connectivity index (χ3v) is 6.20. The standard InChI is InChI=1S/C32H30O8S.CH2O/c1-4-18-39-30-21-29(17-11-25-8-14-27(15-9-25)32(34)38-5-2)31(40-19-20-41(35,36)37)22-28(30)16-10-24-6-12-26(13-7-24)23(3)33;1-2/h6-9,12-15,21-22H,4-5,18-20H2,1-3H3,(H,35,36,37);1H2. The van der Waals surface area contributed by atoms with E-state index in [-0.39, 0.29) is 24.7 Å². The first kappa shape index (κ1) is 34.3. The summed E-state index contributed by atoms with van der Waals surface area (Å²) in [6.07, 6.45) is 0.750. The minimum absolute atomic E-state index is 0.0434. The molecule has 3 rings (SSSR count). The molecule has 0 saturated carbocycles. The molecular weight excluding hydrogens is 572 g/mol. The van der Waals surface area contributed by atoms with E-state index in [0.29, 0.717) is 45.7 Å². The predicted molar refractivity (Wildman–Crippen MR) is 162 cm³/mol. The molecule has 0 aromatic heterocycles. The van der Waals surface area contributed by atoms with E-state index in [9.17, 15) is 18.0 Å². The maximum Gasteiger partial charge on any atom is 0.338 e. The largest absolute Gasteiger partial charge is 0.492 e. The maximum atomic E-state index is 11.9. The van der Waals surface area contributed by atoms with Gasteiger partial charge in [-0.2, -0.15) is 8.42 Å². The predicted octanol–water partition coefficient (Wildman–Crippen LogP) is 4.74. The number of carbonyl (C=O) groups excluding carboxylic acids is 3. The third-order valence-electron chi connectivity index (χ3n) is 5.51. The highest BCUT2D eigenvalue weighted by atomic mass is 32.2. The summed E-state index contributed by atoms with van der Waals surface area (Å²) in [6.45, 7) is 7.58.